The van der Waals surface area contributed by atoms with Gasteiger partial charge in [0.15, 0.2) is 11.5 Å². The lowest BCUT2D eigenvalue weighted by Crippen LogP contribution is -2.13. The van der Waals surface area contributed by atoms with Crippen LogP contribution in [-0.2, 0) is 11.0 Å². The molecule has 1 heterocycles. The Bertz CT molecular complexity index is 1320. The van der Waals surface area contributed by atoms with Crippen LogP contribution in [0.15, 0.2) is 42.0 Å². The largest absolute Gasteiger partial charge is 0.493 e. The Morgan fingerprint density at radius 2 is 1.78 bits per heavy atom. The van der Waals surface area contributed by atoms with Crippen molar-refractivity contribution in [1.82, 2.24) is 10.2 Å². The summed E-state index contributed by atoms with van der Waals surface area (Å²) >= 11 is 0.157. The number of hydrogen-bond acceptors (Lipinski definition) is 8. The van der Waals surface area contributed by atoms with E-state index in [0.29, 0.717) is 23.7 Å². The monoisotopic (exact) mass is 518 g/mol. The summed E-state index contributed by atoms with van der Waals surface area (Å²) in [5, 5.41) is 16.2. The van der Waals surface area contributed by atoms with Gasteiger partial charge in [-0.2, -0.15) is 18.4 Å². The van der Waals surface area contributed by atoms with Gasteiger partial charge in [0.25, 0.3) is 5.91 Å². The van der Waals surface area contributed by atoms with E-state index in [4.69, 9.17) is 14.2 Å². The van der Waals surface area contributed by atoms with Crippen LogP contribution in [0.1, 0.15) is 21.7 Å². The Balaban J connectivity index is 1.63. The molecule has 8 nitrogen and oxygen atoms in total. The fourth-order valence-corrected chi connectivity index (χ4v) is 3.63. The summed E-state index contributed by atoms with van der Waals surface area (Å²) in [5.41, 5.74) is 2.25. The lowest BCUT2D eigenvalue weighted by atomic mass is 10.1. The first kappa shape index (κ1) is 26.5. The molecule has 0 saturated carbocycles. The Morgan fingerprint density at radius 1 is 1.08 bits per heavy atom. The molecule has 1 N–H and O–H groups in total. The van der Waals surface area contributed by atoms with Gasteiger partial charge in [0, 0.05) is 0 Å². The second-order valence-corrected chi connectivity index (χ2v) is 8.39. The number of anilines is 1. The standard InChI is InChI=1S/C24H21F3N4O4S/c1-14-4-6-18(15(2)10-14)34-8-9-35-19-7-5-16(12-20(19)33-3)11-17(13-28)21(32)29-23-31-30-22(36-23)24(25,26)27/h4-7,10-12H,8-9H2,1-3H3,(H,29,31,32). The van der Waals surface area contributed by atoms with Gasteiger partial charge in [-0.05, 0) is 49.2 Å². The fourth-order valence-electron chi connectivity index (χ4n) is 3.03. The number of carbonyl (C=O) groups is 1. The lowest BCUT2D eigenvalue weighted by Gasteiger charge is -2.13. The minimum absolute atomic E-state index is 0.157. The highest BCUT2D eigenvalue weighted by Crippen LogP contribution is 2.33. The van der Waals surface area contributed by atoms with Crippen molar-refractivity contribution in [3.63, 3.8) is 0 Å². The third-order valence-corrected chi connectivity index (χ3v) is 5.56. The zero-order chi connectivity index (χ0) is 26.3. The molecule has 0 atom stereocenters. The maximum absolute atomic E-state index is 12.7. The zero-order valence-corrected chi connectivity index (χ0v) is 20.3. The second kappa shape index (κ2) is 11.5. The topological polar surface area (TPSA) is 106 Å². The highest BCUT2D eigenvalue weighted by atomic mass is 32.1. The number of amides is 1. The van der Waals surface area contributed by atoms with Gasteiger partial charge < -0.3 is 14.2 Å². The molecule has 0 aliphatic heterocycles. The first-order valence-corrected chi connectivity index (χ1v) is 11.3. The molecule has 3 aromatic rings. The van der Waals surface area contributed by atoms with Crippen LogP contribution in [0.25, 0.3) is 6.08 Å². The van der Waals surface area contributed by atoms with E-state index in [-0.39, 0.29) is 28.6 Å². The smallest absolute Gasteiger partial charge is 0.445 e. The normalized spacial score (nSPS) is 11.5. The predicted octanol–water partition coefficient (Wildman–Crippen LogP) is 5.19. The number of halogens is 3. The van der Waals surface area contributed by atoms with E-state index in [0.717, 1.165) is 16.9 Å². The number of ether oxygens (including phenoxy) is 3. The average molecular weight is 519 g/mol. The third-order valence-electron chi connectivity index (χ3n) is 4.68. The molecule has 3 rings (SSSR count). The summed E-state index contributed by atoms with van der Waals surface area (Å²) in [4.78, 5) is 12.3. The van der Waals surface area contributed by atoms with Crippen molar-refractivity contribution in [3.05, 3.63) is 63.7 Å². The number of methoxy groups -OCH3 is 1. The Labute approximate surface area is 208 Å². The molecule has 0 aliphatic rings. The SMILES string of the molecule is COc1cc(C=C(C#N)C(=O)Nc2nnc(C(F)(F)F)s2)ccc1OCCOc1ccc(C)cc1C. The molecule has 2 aromatic carbocycles. The number of alkyl halides is 3. The van der Waals surface area contributed by atoms with Crippen LogP contribution in [0.3, 0.4) is 0 Å². The number of nitriles is 1. The lowest BCUT2D eigenvalue weighted by molar-refractivity contribution is -0.138. The Hall–Kier alpha value is -4.11. The van der Waals surface area contributed by atoms with Crippen LogP contribution in [0.5, 0.6) is 17.2 Å². The quantitative estimate of drug-likeness (QED) is 0.236. The number of nitrogens with one attached hydrogen (secondary N) is 1. The van der Waals surface area contributed by atoms with Crippen molar-refractivity contribution in [3.8, 4) is 23.3 Å². The van der Waals surface area contributed by atoms with Crippen LogP contribution in [0.4, 0.5) is 18.3 Å². The van der Waals surface area contributed by atoms with Crippen molar-refractivity contribution in [2.75, 3.05) is 25.6 Å². The summed E-state index contributed by atoms with van der Waals surface area (Å²) < 4.78 is 54.8. The molecule has 0 radical (unpaired) electrons. The van der Waals surface area contributed by atoms with Crippen LogP contribution < -0.4 is 19.5 Å². The number of rotatable bonds is 9. The molecule has 0 spiro atoms. The number of aromatic nitrogens is 2. The number of carbonyl (C=O) groups excluding carboxylic acids is 1. The van der Waals surface area contributed by atoms with Gasteiger partial charge in [0.2, 0.25) is 10.1 Å². The van der Waals surface area contributed by atoms with Crippen LogP contribution in [0.2, 0.25) is 0 Å². The van der Waals surface area contributed by atoms with E-state index < -0.39 is 17.1 Å². The number of nitrogens with zero attached hydrogens (tertiary/aromatic N) is 3. The van der Waals surface area contributed by atoms with E-state index in [1.54, 1.807) is 24.3 Å². The zero-order valence-electron chi connectivity index (χ0n) is 19.5. The van der Waals surface area contributed by atoms with Gasteiger partial charge in [-0.3, -0.25) is 10.1 Å². The summed E-state index contributed by atoms with van der Waals surface area (Å²) in [7, 11) is 1.44. The highest BCUT2D eigenvalue weighted by Gasteiger charge is 2.35. The second-order valence-electron chi connectivity index (χ2n) is 7.41. The van der Waals surface area contributed by atoms with E-state index in [1.807, 2.05) is 32.0 Å². The molecule has 0 aliphatic carbocycles. The van der Waals surface area contributed by atoms with E-state index >= 15 is 0 Å². The molecular formula is C24H21F3N4O4S. The summed E-state index contributed by atoms with van der Waals surface area (Å²) in [6.07, 6.45) is -3.42. The van der Waals surface area contributed by atoms with Crippen molar-refractivity contribution >= 4 is 28.5 Å². The molecule has 0 bridgehead atoms. The molecule has 188 valence electrons. The molecule has 0 fully saturated rings. The predicted molar refractivity (Wildman–Crippen MR) is 127 cm³/mol. The van der Waals surface area contributed by atoms with Gasteiger partial charge in [0.05, 0.1) is 7.11 Å². The van der Waals surface area contributed by atoms with Crippen molar-refractivity contribution in [2.24, 2.45) is 0 Å². The summed E-state index contributed by atoms with van der Waals surface area (Å²) in [5.74, 6) is 0.620. The summed E-state index contributed by atoms with van der Waals surface area (Å²) in [6.45, 7) is 4.51. The molecule has 0 saturated heterocycles. The van der Waals surface area contributed by atoms with Gasteiger partial charge in [0.1, 0.15) is 30.6 Å². The van der Waals surface area contributed by atoms with Gasteiger partial charge in [-0.25, -0.2) is 0 Å². The van der Waals surface area contributed by atoms with E-state index in [2.05, 4.69) is 15.5 Å². The van der Waals surface area contributed by atoms with Crippen molar-refractivity contribution in [2.45, 2.75) is 20.0 Å². The van der Waals surface area contributed by atoms with Crippen LogP contribution >= 0.6 is 11.3 Å². The first-order chi connectivity index (χ1) is 17.1. The van der Waals surface area contributed by atoms with Gasteiger partial charge >= 0.3 is 6.18 Å². The minimum atomic E-state index is -4.68. The van der Waals surface area contributed by atoms with Crippen molar-refractivity contribution in [1.29, 1.82) is 5.26 Å². The maximum atomic E-state index is 12.7. The van der Waals surface area contributed by atoms with Gasteiger partial charge in [-0.1, -0.05) is 35.1 Å². The minimum Gasteiger partial charge on any atom is -0.493 e. The number of hydrogen-bond donors (Lipinski definition) is 1. The third kappa shape index (κ3) is 6.96. The maximum Gasteiger partial charge on any atom is 0.445 e. The molecule has 1 aromatic heterocycles. The molecular weight excluding hydrogens is 497 g/mol. The number of aryl methyl sites for hydroxylation is 2. The van der Waals surface area contributed by atoms with Crippen molar-refractivity contribution < 1.29 is 32.2 Å². The van der Waals surface area contributed by atoms with E-state index in [1.165, 1.54) is 13.2 Å². The number of benzene rings is 2. The molecule has 0 unspecified atom stereocenters. The Morgan fingerprint density at radius 3 is 2.39 bits per heavy atom. The van der Waals surface area contributed by atoms with Crippen LogP contribution in [0, 0.1) is 25.2 Å². The van der Waals surface area contributed by atoms with Gasteiger partial charge in [-0.15, -0.1) is 10.2 Å². The molecule has 36 heavy (non-hydrogen) atoms. The average Bonchev–Trinajstić information content (AvgIpc) is 3.31. The summed E-state index contributed by atoms with van der Waals surface area (Å²) in [6, 6.07) is 12.4. The molecule has 1 amide bonds. The van der Waals surface area contributed by atoms with E-state index in [9.17, 15) is 23.2 Å². The van der Waals surface area contributed by atoms with Crippen LogP contribution in [-0.4, -0.2) is 36.4 Å². The highest BCUT2D eigenvalue weighted by molar-refractivity contribution is 7.15. The Kier molecular flexibility index (Phi) is 8.50. The first-order valence-electron chi connectivity index (χ1n) is 10.5. The molecule has 12 heteroatoms. The fraction of sp³-hybridized carbons (Fsp3) is 0.250.